The minimum Gasteiger partial charge on any atom is -0.299 e. The molecule has 1 aromatic heterocycles. The molecule has 11 heavy (non-hydrogen) atoms. The van der Waals surface area contributed by atoms with Crippen LogP contribution in [-0.4, -0.2) is 21.5 Å². The molecule has 0 saturated carbocycles. The third-order valence-corrected chi connectivity index (χ3v) is 1.76. The average molecular weight is 192 g/mol. The Morgan fingerprint density at radius 3 is 3.09 bits per heavy atom. The standard InChI is InChI=1S/C5H6ClN3OS/c1-3(6)4(10)8-5-9-7-2-11-5/h2-3H,1H3,(H,8,9,10)/t3-/m0/s1. The number of nitrogens with zero attached hydrogens (tertiary/aromatic N) is 2. The molecule has 1 heterocycles. The molecule has 1 amide bonds. The molecule has 0 fully saturated rings. The first kappa shape index (κ1) is 8.42. The van der Waals surface area contributed by atoms with Crippen molar-refractivity contribution < 1.29 is 4.79 Å². The highest BCUT2D eigenvalue weighted by Gasteiger charge is 2.09. The Morgan fingerprint density at radius 1 is 1.91 bits per heavy atom. The van der Waals surface area contributed by atoms with Gasteiger partial charge in [0.05, 0.1) is 0 Å². The zero-order chi connectivity index (χ0) is 8.27. The molecule has 0 radical (unpaired) electrons. The van der Waals surface area contributed by atoms with Gasteiger partial charge < -0.3 is 0 Å². The largest absolute Gasteiger partial charge is 0.299 e. The van der Waals surface area contributed by atoms with Crippen LogP contribution in [-0.2, 0) is 4.79 Å². The monoisotopic (exact) mass is 191 g/mol. The molecule has 4 nitrogen and oxygen atoms in total. The zero-order valence-corrected chi connectivity index (χ0v) is 7.32. The Morgan fingerprint density at radius 2 is 2.64 bits per heavy atom. The van der Waals surface area contributed by atoms with Gasteiger partial charge in [-0.1, -0.05) is 11.3 Å². The van der Waals surface area contributed by atoms with Crippen molar-refractivity contribution in [2.45, 2.75) is 12.3 Å². The number of aromatic nitrogens is 2. The van der Waals surface area contributed by atoms with Crippen LogP contribution in [0.5, 0.6) is 0 Å². The molecule has 0 spiro atoms. The van der Waals surface area contributed by atoms with E-state index in [1.807, 2.05) is 0 Å². The molecule has 0 saturated heterocycles. The van der Waals surface area contributed by atoms with E-state index in [9.17, 15) is 4.79 Å². The molecule has 0 bridgehead atoms. The molecular formula is C5H6ClN3OS. The fourth-order valence-electron chi connectivity index (χ4n) is 0.432. The number of amides is 1. The molecular weight excluding hydrogens is 186 g/mol. The Bertz CT molecular complexity index is 236. The van der Waals surface area contributed by atoms with Crippen molar-refractivity contribution in [2.75, 3.05) is 5.32 Å². The number of hydrogen-bond donors (Lipinski definition) is 1. The van der Waals surface area contributed by atoms with Crippen LogP contribution in [0.25, 0.3) is 0 Å². The molecule has 0 aliphatic rings. The summed E-state index contributed by atoms with van der Waals surface area (Å²) in [5.41, 5.74) is 1.54. The van der Waals surface area contributed by atoms with E-state index >= 15 is 0 Å². The highest BCUT2D eigenvalue weighted by Crippen LogP contribution is 2.09. The van der Waals surface area contributed by atoms with Gasteiger partial charge in [-0.25, -0.2) is 0 Å². The molecule has 0 aliphatic heterocycles. The van der Waals surface area contributed by atoms with Crippen molar-refractivity contribution in [1.29, 1.82) is 0 Å². The summed E-state index contributed by atoms with van der Waals surface area (Å²) in [6.07, 6.45) is 0. The maximum atomic E-state index is 10.9. The van der Waals surface area contributed by atoms with E-state index < -0.39 is 5.38 Å². The van der Waals surface area contributed by atoms with Crippen LogP contribution in [0.3, 0.4) is 0 Å². The summed E-state index contributed by atoms with van der Waals surface area (Å²) < 4.78 is 0. The highest BCUT2D eigenvalue weighted by atomic mass is 35.5. The predicted octanol–water partition coefficient (Wildman–Crippen LogP) is 1.10. The summed E-state index contributed by atoms with van der Waals surface area (Å²) >= 11 is 6.75. The van der Waals surface area contributed by atoms with Gasteiger partial charge in [-0.3, -0.25) is 10.1 Å². The molecule has 60 valence electrons. The number of carbonyl (C=O) groups excluding carboxylic acids is 1. The molecule has 0 aliphatic carbocycles. The van der Waals surface area contributed by atoms with Crippen molar-refractivity contribution in [3.63, 3.8) is 0 Å². The summed E-state index contributed by atoms with van der Waals surface area (Å²) in [5, 5.41) is 9.59. The fourth-order valence-corrected chi connectivity index (χ4v) is 0.935. The van der Waals surface area contributed by atoms with Gasteiger partial charge in [0.25, 0.3) is 0 Å². The van der Waals surface area contributed by atoms with Crippen molar-refractivity contribution in [1.82, 2.24) is 10.2 Å². The van der Waals surface area contributed by atoms with Crippen molar-refractivity contribution in [2.24, 2.45) is 0 Å². The number of alkyl halides is 1. The topological polar surface area (TPSA) is 54.9 Å². The fraction of sp³-hybridized carbons (Fsp3) is 0.400. The number of rotatable bonds is 2. The number of nitrogens with one attached hydrogen (secondary N) is 1. The van der Waals surface area contributed by atoms with Gasteiger partial charge in [-0.05, 0) is 6.92 Å². The highest BCUT2D eigenvalue weighted by molar-refractivity contribution is 7.13. The molecule has 1 atom stereocenters. The third-order valence-electron chi connectivity index (χ3n) is 0.951. The Labute approximate surface area is 72.6 Å². The van der Waals surface area contributed by atoms with E-state index in [2.05, 4.69) is 15.5 Å². The molecule has 1 rings (SSSR count). The van der Waals surface area contributed by atoms with Crippen LogP contribution in [0, 0.1) is 0 Å². The predicted molar refractivity (Wildman–Crippen MR) is 43.9 cm³/mol. The lowest BCUT2D eigenvalue weighted by Crippen LogP contribution is -2.20. The Kier molecular flexibility index (Phi) is 2.78. The van der Waals surface area contributed by atoms with Crippen molar-refractivity contribution in [3.05, 3.63) is 5.51 Å². The van der Waals surface area contributed by atoms with Crippen LogP contribution in [0.2, 0.25) is 0 Å². The van der Waals surface area contributed by atoms with Crippen LogP contribution >= 0.6 is 22.9 Å². The van der Waals surface area contributed by atoms with E-state index in [0.717, 1.165) is 0 Å². The number of anilines is 1. The van der Waals surface area contributed by atoms with Gasteiger partial charge in [-0.15, -0.1) is 21.8 Å². The first-order chi connectivity index (χ1) is 5.20. The van der Waals surface area contributed by atoms with Gasteiger partial charge in [0.2, 0.25) is 11.0 Å². The molecule has 0 unspecified atom stereocenters. The summed E-state index contributed by atoms with van der Waals surface area (Å²) in [7, 11) is 0. The SMILES string of the molecule is C[C@H](Cl)C(=O)Nc1nncs1. The minimum atomic E-state index is -0.543. The number of carbonyl (C=O) groups is 1. The minimum absolute atomic E-state index is 0.261. The first-order valence-corrected chi connectivity index (χ1v) is 4.23. The van der Waals surface area contributed by atoms with Gasteiger partial charge in [0, 0.05) is 0 Å². The second-order valence-corrected chi connectivity index (χ2v) is 3.34. The van der Waals surface area contributed by atoms with Gasteiger partial charge in [0.1, 0.15) is 10.9 Å². The molecule has 1 N–H and O–H groups in total. The van der Waals surface area contributed by atoms with Crippen LogP contribution in [0.15, 0.2) is 5.51 Å². The maximum Gasteiger partial charge on any atom is 0.243 e. The molecule has 1 aromatic rings. The maximum absolute atomic E-state index is 10.9. The van der Waals surface area contributed by atoms with Crippen molar-refractivity contribution in [3.8, 4) is 0 Å². The quantitative estimate of drug-likeness (QED) is 0.713. The third kappa shape index (κ3) is 2.44. The average Bonchev–Trinajstić information content (AvgIpc) is 2.39. The zero-order valence-electron chi connectivity index (χ0n) is 5.74. The normalized spacial score (nSPS) is 12.5. The van der Waals surface area contributed by atoms with Gasteiger partial charge >= 0.3 is 0 Å². The van der Waals surface area contributed by atoms with Crippen LogP contribution < -0.4 is 5.32 Å². The van der Waals surface area contributed by atoms with E-state index in [1.165, 1.54) is 16.8 Å². The number of halogens is 1. The second-order valence-electron chi connectivity index (χ2n) is 1.85. The number of hydrogen-bond acceptors (Lipinski definition) is 4. The van der Waals surface area contributed by atoms with Crippen LogP contribution in [0.4, 0.5) is 5.13 Å². The summed E-state index contributed by atoms with van der Waals surface area (Å²) in [6.45, 7) is 1.60. The van der Waals surface area contributed by atoms with E-state index in [1.54, 1.807) is 6.92 Å². The molecule has 0 aromatic carbocycles. The van der Waals surface area contributed by atoms with E-state index in [4.69, 9.17) is 11.6 Å². The van der Waals surface area contributed by atoms with Crippen LogP contribution in [0.1, 0.15) is 6.92 Å². The lowest BCUT2D eigenvalue weighted by Gasteiger charge is -2.00. The molecule has 6 heteroatoms. The van der Waals surface area contributed by atoms with E-state index in [-0.39, 0.29) is 5.91 Å². The summed E-state index contributed by atoms with van der Waals surface area (Å²) in [4.78, 5) is 10.9. The Hall–Kier alpha value is -0.680. The van der Waals surface area contributed by atoms with Crippen molar-refractivity contribution >= 4 is 34.0 Å². The second kappa shape index (κ2) is 3.64. The summed E-state index contributed by atoms with van der Waals surface area (Å²) in [5.74, 6) is -0.261. The van der Waals surface area contributed by atoms with Gasteiger partial charge in [-0.2, -0.15) is 0 Å². The van der Waals surface area contributed by atoms with E-state index in [0.29, 0.717) is 5.13 Å². The lowest BCUT2D eigenvalue weighted by molar-refractivity contribution is -0.115. The Balaban J connectivity index is 2.50. The smallest absolute Gasteiger partial charge is 0.243 e. The first-order valence-electron chi connectivity index (χ1n) is 2.91. The lowest BCUT2D eigenvalue weighted by atomic mass is 10.4. The summed E-state index contributed by atoms with van der Waals surface area (Å²) in [6, 6.07) is 0. The van der Waals surface area contributed by atoms with Gasteiger partial charge in [0.15, 0.2) is 0 Å².